The van der Waals surface area contributed by atoms with Gasteiger partial charge in [0.05, 0.1) is 24.4 Å². The Bertz CT molecular complexity index is 3210. The predicted molar refractivity (Wildman–Crippen MR) is 461 cm³/mol. The minimum Gasteiger partial charge on any atom is -0.389 e. The third kappa shape index (κ3) is 44.7. The van der Waals surface area contributed by atoms with Gasteiger partial charge in [0.15, 0.2) is 22.4 Å². The summed E-state index contributed by atoms with van der Waals surface area (Å²) in [6.45, 7) is 44.5. The minimum absolute atomic E-state index is 0.375. The van der Waals surface area contributed by atoms with Gasteiger partial charge >= 0.3 is 39.5 Å². The Morgan fingerprint density at radius 1 is 0.248 bits per heavy atom. The normalized spacial score (nSPS) is 17.1. The van der Waals surface area contributed by atoms with Gasteiger partial charge in [0.2, 0.25) is 0 Å². The van der Waals surface area contributed by atoms with Crippen LogP contribution in [0.15, 0.2) is 186 Å². The Kier molecular flexibility index (Phi) is 51.0. The summed E-state index contributed by atoms with van der Waals surface area (Å²) in [5.74, 6) is -8.43. The number of aliphatic hydroxyl groups excluding tert-OH is 4. The maximum atomic E-state index is 16.6. The van der Waals surface area contributed by atoms with Crippen LogP contribution in [0.1, 0.15) is 320 Å². The number of phosphoric acid groups is 2. The topological polar surface area (TPSA) is 310 Å². The molecule has 21 heteroatoms. The van der Waals surface area contributed by atoms with E-state index >= 15 is 28.3 Å². The van der Waals surface area contributed by atoms with Gasteiger partial charge in [-0.3, -0.25) is 0 Å². The van der Waals surface area contributed by atoms with E-state index in [-0.39, 0.29) is 0 Å². The van der Waals surface area contributed by atoms with Crippen molar-refractivity contribution in [2.24, 2.45) is 0 Å². The smallest absolute Gasteiger partial charge is 0.389 e. The van der Waals surface area contributed by atoms with Crippen LogP contribution in [-0.4, -0.2) is 112 Å². The van der Waals surface area contributed by atoms with E-state index in [2.05, 4.69) is 0 Å². The van der Waals surface area contributed by atoms with Gasteiger partial charge in [-0.1, -0.05) is 186 Å². The van der Waals surface area contributed by atoms with Gasteiger partial charge in [-0.05, 0) is 295 Å². The molecule has 0 rings (SSSR count). The van der Waals surface area contributed by atoms with Gasteiger partial charge in [0.1, 0.15) is 0 Å². The summed E-state index contributed by atoms with van der Waals surface area (Å²) >= 11 is 0. The second-order valence-electron chi connectivity index (χ2n) is 33.0. The van der Waals surface area contributed by atoms with Crippen molar-refractivity contribution in [3.8, 4) is 0 Å². The molecule has 0 aromatic rings. The summed E-state index contributed by atoms with van der Waals surface area (Å²) in [4.78, 5) is 62.4. The molecule has 0 saturated carbocycles. The zero-order valence-electron chi connectivity index (χ0n) is 73.5. The van der Waals surface area contributed by atoms with Gasteiger partial charge < -0.3 is 58.9 Å². The van der Waals surface area contributed by atoms with Crippen LogP contribution in [0, 0.1) is 0 Å². The van der Waals surface area contributed by atoms with Crippen LogP contribution in [0.25, 0.3) is 0 Å². The molecule has 0 radical (unpaired) electrons. The predicted octanol–water partition coefficient (Wildman–Crippen LogP) is 22.4. The van der Waals surface area contributed by atoms with Crippen LogP contribution in [-0.2, 0) is 50.7 Å². The Morgan fingerprint density at radius 2 is 0.381 bits per heavy atom. The van der Waals surface area contributed by atoms with Crippen molar-refractivity contribution < 1.29 is 91.6 Å². The molecule has 0 heterocycles. The first-order valence-corrected chi connectivity index (χ1v) is 43.1. The molecule has 0 aromatic carbocycles. The number of allylic oxidation sites excluding steroid dienone is 24. The molecule has 640 valence electrons. The van der Waals surface area contributed by atoms with Gasteiger partial charge in [-0.25, -0.2) is 28.3 Å². The lowest BCUT2D eigenvalue weighted by molar-refractivity contribution is -0.175. The van der Waals surface area contributed by atoms with Crippen molar-refractivity contribution in [1.29, 1.82) is 0 Å². The van der Waals surface area contributed by atoms with E-state index < -0.39 is 138 Å². The van der Waals surface area contributed by atoms with Gasteiger partial charge in [-0.15, -0.1) is 4.31 Å². The number of carbonyl (C=O) groups excluding carboxylic acids is 4. The van der Waals surface area contributed by atoms with Gasteiger partial charge in [-0.2, -0.15) is 0 Å². The highest BCUT2D eigenvalue weighted by molar-refractivity contribution is 7.63. The van der Waals surface area contributed by atoms with Crippen LogP contribution in [0.3, 0.4) is 0 Å². The van der Waals surface area contributed by atoms with E-state index in [1.807, 2.05) is 159 Å². The maximum absolute atomic E-state index is 16.6. The first-order chi connectivity index (χ1) is 52.4. The summed E-state index contributed by atoms with van der Waals surface area (Å²) in [5.41, 5.74) is 0.391. The number of hydrogen-bond donors (Lipinski definition) is 8. The molecule has 8 unspecified atom stereocenters. The monoisotopic (exact) mass is 1620 g/mol. The lowest BCUT2D eigenvalue weighted by Gasteiger charge is -2.34. The fourth-order valence-corrected chi connectivity index (χ4v) is 14.3. The molecule has 113 heavy (non-hydrogen) atoms. The van der Waals surface area contributed by atoms with Crippen LogP contribution in [0.2, 0.25) is 0 Å². The van der Waals surface area contributed by atoms with Crippen molar-refractivity contribution in [3.63, 3.8) is 0 Å². The molecule has 0 aliphatic carbocycles. The highest BCUT2D eigenvalue weighted by atomic mass is 31.3. The summed E-state index contributed by atoms with van der Waals surface area (Å²) in [7, 11) is -13.9. The van der Waals surface area contributed by atoms with Gasteiger partial charge in [0, 0.05) is 25.7 Å². The Morgan fingerprint density at radius 3 is 0.513 bits per heavy atom. The maximum Gasteiger partial charge on any atom is 0.602 e. The van der Waals surface area contributed by atoms with Crippen LogP contribution >= 0.6 is 15.6 Å². The van der Waals surface area contributed by atoms with E-state index in [0.717, 1.165) is 44.6 Å². The quantitative estimate of drug-likeness (QED) is 0.0207. The first-order valence-electron chi connectivity index (χ1n) is 40.2. The lowest BCUT2D eigenvalue weighted by atomic mass is 9.89. The van der Waals surface area contributed by atoms with Crippen molar-refractivity contribution in [3.05, 3.63) is 186 Å². The van der Waals surface area contributed by atoms with Crippen molar-refractivity contribution in [1.82, 2.24) is 0 Å². The largest absolute Gasteiger partial charge is 0.602 e. The Labute approximate surface area is 681 Å². The third-order valence-electron chi connectivity index (χ3n) is 19.1. The molecule has 0 saturated heterocycles. The zero-order valence-corrected chi connectivity index (χ0v) is 75.3. The number of hydrogen-bond acceptors (Lipinski definition) is 19. The summed E-state index contributed by atoms with van der Waals surface area (Å²) in [5, 5.41) is 101. The molecule has 19 nitrogen and oxygen atoms in total. The molecule has 0 amide bonds. The van der Waals surface area contributed by atoms with Crippen LogP contribution in [0.4, 0.5) is 0 Å². The van der Waals surface area contributed by atoms with E-state index in [0.29, 0.717) is 147 Å². The van der Waals surface area contributed by atoms with Crippen LogP contribution < -0.4 is 0 Å². The highest BCUT2D eigenvalue weighted by Gasteiger charge is 2.60. The second kappa shape index (κ2) is 53.9. The molecule has 0 aliphatic rings. The van der Waals surface area contributed by atoms with E-state index in [1.165, 1.54) is 24.3 Å². The summed E-state index contributed by atoms with van der Waals surface area (Å²) in [6.07, 6.45) is 21.5. The van der Waals surface area contributed by atoms with Crippen molar-refractivity contribution in [2.75, 3.05) is 0 Å². The fraction of sp³-hybridized carbons (Fsp3) is 0.609. The standard InChI is InChI=1S/C92H148O19P2/c1-65(2)33-25-41-73(17)49-53-81(93)89(101,61-57-77(21)45-29-37-69(9)10)85(97)107-112(105,108-86(98)90(102,62-58-78(22)46-30-38-70(11)12)82(94)54-50-74(18)42-26-34-66(3)4)111-113(106,109-87(99)91(103,63-59-79(23)47-31-39-71(13)14)83(95)55-51-75(19)43-27-35-67(5)6)110-88(100)92(104,64-60-80(24)48-32-40-72(15)16)84(96)56-52-76(20)44-28-36-68(7)8/h33-40,49-52,57-60,81-84,93-96,101-104H,25-32,41-48,53-56,61-64H2,1-24H3/b73-49+,74-50+,75-51+,76-52+,77-57+,78-58+,79-59+,80-60+. The third-order valence-corrected chi connectivity index (χ3v) is 22.3. The molecule has 8 atom stereocenters. The van der Waals surface area contributed by atoms with Gasteiger partial charge in [0.25, 0.3) is 0 Å². The Balaban J connectivity index is 10.2. The zero-order chi connectivity index (χ0) is 86.7. The van der Waals surface area contributed by atoms with E-state index in [4.69, 9.17) is 22.4 Å². The number of aliphatic hydroxyl groups is 8. The molecule has 0 aromatic heterocycles. The highest BCUT2D eigenvalue weighted by Crippen LogP contribution is 2.68. The first kappa shape index (κ1) is 107. The number of carbonyl (C=O) groups is 4. The van der Waals surface area contributed by atoms with Crippen LogP contribution in [0.5, 0.6) is 0 Å². The summed E-state index contributed by atoms with van der Waals surface area (Å²) in [6, 6.07) is 0. The number of phosphoric ester groups is 2. The minimum atomic E-state index is -6.97. The number of rotatable bonds is 54. The molecule has 8 N–H and O–H groups in total. The van der Waals surface area contributed by atoms with Crippen molar-refractivity contribution in [2.45, 2.75) is 367 Å². The molecular weight excluding hydrogens is 1470 g/mol. The molecule has 0 aliphatic heterocycles. The molecule has 0 bridgehead atoms. The average Bonchev–Trinajstić information content (AvgIpc) is 0.771. The molecule has 0 fully saturated rings. The molecule has 0 spiro atoms. The second-order valence-corrected chi connectivity index (χ2v) is 36.1. The average molecular weight is 1620 g/mol. The fourth-order valence-electron chi connectivity index (χ4n) is 11.2. The molecular formula is C92H148O19P2. The summed E-state index contributed by atoms with van der Waals surface area (Å²) < 4.78 is 61.3. The van der Waals surface area contributed by atoms with E-state index in [1.54, 1.807) is 79.7 Å². The Hall–Kier alpha value is -6.18. The SMILES string of the molecule is CC(C)=CCC/C(C)=C/CC(O)C(O)(C/C=C(\C)CCC=C(C)C)C(=O)OP(=O)(OC(=O)C(O)(C/C=C(\C)CCC=C(C)C)C(O)C/C=C(\C)CCC=C(C)C)OP(=O)(OC(=O)C(O)(C/C=C(\C)CCC=C(C)C)C(O)C/C=C(\C)CCC=C(C)C)OC(=O)C(O)(C/C=C(\C)CCC=C(C)C)C(O)C/C=C(\C)CCC=C(C)C. The lowest BCUT2D eigenvalue weighted by Crippen LogP contribution is -2.52. The van der Waals surface area contributed by atoms with E-state index in [9.17, 15) is 40.9 Å². The van der Waals surface area contributed by atoms with Crippen molar-refractivity contribution >= 4 is 39.5 Å².